The molecule has 0 heterocycles. The van der Waals surface area contributed by atoms with Crippen LogP contribution in [-0.2, 0) is 19.1 Å². The molecule has 2 fully saturated rings. The maximum atomic E-state index is 13.4. The van der Waals surface area contributed by atoms with E-state index in [4.69, 9.17) is 4.74 Å². The molecule has 41 heavy (non-hydrogen) atoms. The lowest BCUT2D eigenvalue weighted by molar-refractivity contribution is -0.182. The Bertz CT molecular complexity index is 1250. The molecule has 0 saturated heterocycles. The molecule has 0 unspecified atom stereocenters. The van der Waals surface area contributed by atoms with Crippen molar-refractivity contribution in [2.45, 2.75) is 103 Å². The summed E-state index contributed by atoms with van der Waals surface area (Å²) >= 11 is 3.52. The molecule has 5 nitrogen and oxygen atoms in total. The Labute approximate surface area is 254 Å². The predicted octanol–water partition coefficient (Wildman–Crippen LogP) is 7.87. The van der Waals surface area contributed by atoms with Crippen LogP contribution in [0.1, 0.15) is 103 Å². The fourth-order valence-electron chi connectivity index (χ4n) is 8.90. The lowest BCUT2D eigenvalue weighted by Crippen LogP contribution is -2.57. The number of esters is 1. The Hall–Kier alpha value is -2.21. The van der Waals surface area contributed by atoms with Crippen molar-refractivity contribution in [3.05, 3.63) is 52.6 Å². The smallest absolute Gasteiger partial charge is 0.303 e. The van der Waals surface area contributed by atoms with Crippen LogP contribution >= 0.6 is 15.9 Å². The summed E-state index contributed by atoms with van der Waals surface area (Å²) < 4.78 is 6.06. The first-order chi connectivity index (χ1) is 19.6. The zero-order valence-electron chi connectivity index (χ0n) is 25.3. The largest absolute Gasteiger partial charge is 0.451 e. The van der Waals surface area contributed by atoms with Crippen LogP contribution < -0.4 is 4.90 Å². The van der Waals surface area contributed by atoms with Crippen molar-refractivity contribution in [2.75, 3.05) is 23.8 Å². The molecule has 5 atom stereocenters. The number of fused-ring (bicyclic) bond motifs is 4. The van der Waals surface area contributed by atoms with Crippen LogP contribution in [0.2, 0.25) is 0 Å². The maximum absolute atomic E-state index is 13.4. The lowest BCUT2D eigenvalue weighted by Gasteiger charge is -2.55. The number of nitrogens with zero attached hydrogens (tertiary/aromatic N) is 1. The lowest BCUT2D eigenvalue weighted by atomic mass is 9.50. The quantitative estimate of drug-likeness (QED) is 0.151. The first-order valence-corrected chi connectivity index (χ1v) is 16.8. The van der Waals surface area contributed by atoms with E-state index in [1.165, 1.54) is 60.6 Å². The number of Topliss-reactive ketones (excluding diaryl/α,β-unsaturated/α-hetero) is 1. The number of hydrogen-bond donors (Lipinski definition) is 0. The maximum Gasteiger partial charge on any atom is 0.303 e. The van der Waals surface area contributed by atoms with E-state index in [1.807, 2.05) is 6.08 Å². The number of unbranched alkanes of at least 4 members (excludes halogenated alkanes) is 3. The summed E-state index contributed by atoms with van der Waals surface area (Å²) in [5.41, 5.74) is 5.07. The number of benzene rings is 1. The van der Waals surface area contributed by atoms with Gasteiger partial charge >= 0.3 is 5.97 Å². The van der Waals surface area contributed by atoms with Crippen molar-refractivity contribution in [1.82, 2.24) is 0 Å². The fraction of sp³-hybridized carbons (Fsp3) is 0.629. The minimum Gasteiger partial charge on any atom is -0.451 e. The van der Waals surface area contributed by atoms with E-state index in [9.17, 15) is 14.4 Å². The Morgan fingerprint density at radius 3 is 2.44 bits per heavy atom. The normalized spacial score (nSPS) is 30.7. The number of rotatable bonds is 10. The van der Waals surface area contributed by atoms with Crippen LogP contribution in [0.15, 0.2) is 47.1 Å². The van der Waals surface area contributed by atoms with Gasteiger partial charge in [-0.15, -0.1) is 0 Å². The van der Waals surface area contributed by atoms with Gasteiger partial charge in [0.05, 0.1) is 0 Å². The van der Waals surface area contributed by atoms with Crippen molar-refractivity contribution >= 4 is 39.2 Å². The highest BCUT2D eigenvalue weighted by Crippen LogP contribution is 2.67. The van der Waals surface area contributed by atoms with E-state index in [0.29, 0.717) is 18.8 Å². The average Bonchev–Trinajstić information content (AvgIpc) is 3.24. The van der Waals surface area contributed by atoms with Gasteiger partial charge in [0.25, 0.3) is 0 Å². The molecule has 0 aromatic heterocycles. The molecular weight excluding hydrogens is 578 g/mol. The average molecular weight is 625 g/mol. The molecule has 0 radical (unpaired) electrons. The summed E-state index contributed by atoms with van der Waals surface area (Å²) in [7, 11) is 2.17. The van der Waals surface area contributed by atoms with Gasteiger partial charge in [0, 0.05) is 49.3 Å². The molecule has 1 aromatic rings. The van der Waals surface area contributed by atoms with Gasteiger partial charge in [0.15, 0.2) is 17.2 Å². The van der Waals surface area contributed by atoms with Gasteiger partial charge in [-0.3, -0.25) is 14.4 Å². The number of carbonyl (C=O) groups is 3. The van der Waals surface area contributed by atoms with Crippen molar-refractivity contribution in [2.24, 2.45) is 17.3 Å². The molecular formula is C35H46BrNO4. The topological polar surface area (TPSA) is 63.7 Å². The van der Waals surface area contributed by atoms with Gasteiger partial charge in [-0.1, -0.05) is 53.4 Å². The van der Waals surface area contributed by atoms with E-state index in [2.05, 4.69) is 59.1 Å². The summed E-state index contributed by atoms with van der Waals surface area (Å²) in [6.45, 7) is 6.30. The second-order valence-electron chi connectivity index (χ2n) is 13.1. The number of ether oxygens (including phenoxy) is 1. The Kier molecular flexibility index (Phi) is 8.99. The van der Waals surface area contributed by atoms with E-state index in [-0.39, 0.29) is 29.4 Å². The molecule has 0 N–H and O–H groups in total. The summed E-state index contributed by atoms with van der Waals surface area (Å²) in [5.74, 6) is 0.578. The van der Waals surface area contributed by atoms with Crippen molar-refractivity contribution in [3.63, 3.8) is 0 Å². The number of ketones is 2. The zero-order chi connectivity index (χ0) is 29.4. The van der Waals surface area contributed by atoms with Crippen LogP contribution in [0.25, 0.3) is 0 Å². The first-order valence-electron chi connectivity index (χ1n) is 15.7. The number of allylic oxidation sites excluding steroid dienone is 4. The monoisotopic (exact) mass is 623 g/mol. The summed E-state index contributed by atoms with van der Waals surface area (Å²) in [6, 6.07) is 9.03. The van der Waals surface area contributed by atoms with Gasteiger partial charge in [0.2, 0.25) is 0 Å². The van der Waals surface area contributed by atoms with E-state index >= 15 is 0 Å². The van der Waals surface area contributed by atoms with Gasteiger partial charge in [-0.05, 0) is 105 Å². The van der Waals surface area contributed by atoms with Crippen LogP contribution in [0.3, 0.4) is 0 Å². The zero-order valence-corrected chi connectivity index (χ0v) is 26.9. The Morgan fingerprint density at radius 2 is 1.76 bits per heavy atom. The minimum absolute atomic E-state index is 0.0275. The van der Waals surface area contributed by atoms with Gasteiger partial charge in [0.1, 0.15) is 0 Å². The molecule has 0 bridgehead atoms. The number of hydrogen-bond acceptors (Lipinski definition) is 5. The van der Waals surface area contributed by atoms with Gasteiger partial charge in [-0.25, -0.2) is 0 Å². The summed E-state index contributed by atoms with van der Waals surface area (Å²) in [4.78, 5) is 40.4. The van der Waals surface area contributed by atoms with Crippen molar-refractivity contribution in [3.8, 4) is 0 Å². The highest BCUT2D eigenvalue weighted by molar-refractivity contribution is 9.09. The third-order valence-electron chi connectivity index (χ3n) is 10.9. The molecule has 1 aromatic carbocycles. The highest BCUT2D eigenvalue weighted by atomic mass is 79.9. The SMILES string of the molecule is CC(=O)O[C@]1(C(C)=O)CC[C@H]2[C@@H]3CCC4=CC(=O)CCC4=C3[C@@H](c3ccc(N(C)CCCCCCBr)cc3)C[C@@]21C. The fourth-order valence-corrected chi connectivity index (χ4v) is 9.29. The Balaban J connectivity index is 1.51. The molecule has 4 aliphatic rings. The third-order valence-corrected chi connectivity index (χ3v) is 11.4. The molecule has 5 rings (SSSR count). The minimum atomic E-state index is -1.08. The molecule has 0 aliphatic heterocycles. The number of alkyl halides is 1. The molecule has 0 amide bonds. The summed E-state index contributed by atoms with van der Waals surface area (Å²) in [5, 5.41) is 1.08. The second kappa shape index (κ2) is 12.2. The molecule has 2 saturated carbocycles. The summed E-state index contributed by atoms with van der Waals surface area (Å²) in [6.07, 6.45) is 12.3. The molecule has 0 spiro atoms. The van der Waals surface area contributed by atoms with Crippen LogP contribution in [0.4, 0.5) is 5.69 Å². The van der Waals surface area contributed by atoms with Crippen LogP contribution in [-0.4, -0.2) is 42.1 Å². The molecule has 4 aliphatic carbocycles. The number of halogens is 1. The van der Waals surface area contributed by atoms with Crippen LogP contribution in [0, 0.1) is 17.3 Å². The predicted molar refractivity (Wildman–Crippen MR) is 167 cm³/mol. The standard InChI is InChI=1S/C35H46BrNO4/c1-23(38)35(41-24(2)39)18-17-32-30-15-11-26-21-28(40)14-16-29(26)33(30)31(22-34(32,35)3)25-9-12-27(13-10-25)37(4)20-8-6-5-7-19-36/h9-10,12-13,21,30-32H,5-8,11,14-20,22H2,1-4H3/t30-,31+,32-,34-,35-/m0/s1. The van der Waals surface area contributed by atoms with Gasteiger partial charge < -0.3 is 9.64 Å². The molecule has 222 valence electrons. The van der Waals surface area contributed by atoms with E-state index in [1.54, 1.807) is 6.92 Å². The second-order valence-corrected chi connectivity index (χ2v) is 13.9. The van der Waals surface area contributed by atoms with E-state index < -0.39 is 11.0 Å². The molecule has 6 heteroatoms. The highest BCUT2D eigenvalue weighted by Gasteiger charge is 2.67. The van der Waals surface area contributed by atoms with Crippen molar-refractivity contribution < 1.29 is 19.1 Å². The number of anilines is 1. The first kappa shape index (κ1) is 30.3. The Morgan fingerprint density at radius 1 is 1.02 bits per heavy atom. The van der Waals surface area contributed by atoms with Gasteiger partial charge in [-0.2, -0.15) is 0 Å². The number of carbonyl (C=O) groups excluding carboxylic acids is 3. The van der Waals surface area contributed by atoms with Crippen molar-refractivity contribution in [1.29, 1.82) is 0 Å². The van der Waals surface area contributed by atoms with E-state index in [0.717, 1.165) is 44.0 Å². The third kappa shape index (κ3) is 5.50. The van der Waals surface area contributed by atoms with Crippen LogP contribution in [0.5, 0.6) is 0 Å².